The van der Waals surface area contributed by atoms with Crippen molar-refractivity contribution < 1.29 is 5.11 Å². The van der Waals surface area contributed by atoms with Gasteiger partial charge in [0.25, 0.3) is 0 Å². The van der Waals surface area contributed by atoms with Crippen molar-refractivity contribution in [1.29, 1.82) is 0 Å². The van der Waals surface area contributed by atoms with Crippen LogP contribution >= 0.6 is 11.6 Å². The Balaban J connectivity index is 2.11. The summed E-state index contributed by atoms with van der Waals surface area (Å²) in [6, 6.07) is 9.55. The molecule has 0 fully saturated rings. The summed E-state index contributed by atoms with van der Waals surface area (Å²) in [6.07, 6.45) is 4.48. The molecule has 126 valence electrons. The summed E-state index contributed by atoms with van der Waals surface area (Å²) < 4.78 is 0. The third kappa shape index (κ3) is 2.92. The number of halogens is 1. The van der Waals surface area contributed by atoms with Gasteiger partial charge in [0.1, 0.15) is 11.3 Å². The predicted molar refractivity (Wildman–Crippen MR) is 96.2 cm³/mol. The van der Waals surface area contributed by atoms with Gasteiger partial charge in [0.15, 0.2) is 5.15 Å². The molecule has 0 radical (unpaired) electrons. The Morgan fingerprint density at radius 1 is 1.17 bits per heavy atom. The van der Waals surface area contributed by atoms with Crippen molar-refractivity contribution in [2.75, 3.05) is 0 Å². The van der Waals surface area contributed by atoms with Gasteiger partial charge in [-0.05, 0) is 30.0 Å². The number of rotatable bonds is 2. The molecule has 1 N–H and O–H groups in total. The van der Waals surface area contributed by atoms with Gasteiger partial charge in [-0.2, -0.15) is 0 Å². The second-order valence-corrected chi connectivity index (χ2v) is 7.64. The van der Waals surface area contributed by atoms with Crippen LogP contribution in [-0.2, 0) is 5.60 Å². The van der Waals surface area contributed by atoms with Crippen molar-refractivity contribution in [2.45, 2.75) is 39.7 Å². The van der Waals surface area contributed by atoms with Crippen molar-refractivity contribution >= 4 is 11.6 Å². The Morgan fingerprint density at radius 2 is 1.83 bits per heavy atom. The number of nitrogens with zero attached hydrogens (tertiary/aromatic N) is 3. The molecule has 0 aliphatic heterocycles. The zero-order valence-electron chi connectivity index (χ0n) is 14.4. The van der Waals surface area contributed by atoms with E-state index in [1.165, 1.54) is 4.80 Å². The molecule has 1 aromatic heterocycles. The molecule has 2 aromatic rings. The van der Waals surface area contributed by atoms with Gasteiger partial charge < -0.3 is 5.11 Å². The Hall–Kier alpha value is -1.91. The molecule has 0 bridgehead atoms. The van der Waals surface area contributed by atoms with Gasteiger partial charge in [-0.25, -0.2) is 0 Å². The SMILES string of the molecule is CC1=CCC(O)(c2nn(-c3ccccc3)nc2Cl)C(C(C)(C)C)=C1. The first-order chi connectivity index (χ1) is 11.2. The molecular formula is C19H22ClN3O. The zero-order valence-corrected chi connectivity index (χ0v) is 15.2. The van der Waals surface area contributed by atoms with Crippen molar-refractivity contribution in [2.24, 2.45) is 5.41 Å². The molecule has 0 amide bonds. The minimum Gasteiger partial charge on any atom is -0.379 e. The highest BCUT2D eigenvalue weighted by atomic mass is 35.5. The molecule has 0 spiro atoms. The molecule has 1 heterocycles. The Morgan fingerprint density at radius 3 is 2.46 bits per heavy atom. The number of para-hydroxylation sites is 1. The summed E-state index contributed by atoms with van der Waals surface area (Å²) in [5.41, 5.74) is 1.77. The average molecular weight is 344 g/mol. The smallest absolute Gasteiger partial charge is 0.178 e. The summed E-state index contributed by atoms with van der Waals surface area (Å²) in [5.74, 6) is 0. The number of hydrogen-bond acceptors (Lipinski definition) is 3. The average Bonchev–Trinajstić information content (AvgIpc) is 2.92. The first-order valence-electron chi connectivity index (χ1n) is 8.02. The van der Waals surface area contributed by atoms with Gasteiger partial charge in [0.2, 0.25) is 0 Å². The number of benzene rings is 1. The lowest BCUT2D eigenvalue weighted by atomic mass is 9.70. The molecule has 1 aliphatic carbocycles. The van der Waals surface area contributed by atoms with E-state index >= 15 is 0 Å². The van der Waals surface area contributed by atoms with Crippen LogP contribution in [-0.4, -0.2) is 20.1 Å². The molecule has 0 saturated carbocycles. The standard InChI is InChI=1S/C19H22ClN3O/c1-13-10-11-19(24,15(12-13)18(2,3)4)16-17(20)22-23(21-16)14-8-6-5-7-9-14/h5-10,12,24H,11H2,1-4H3. The normalized spacial score (nSPS) is 21.4. The van der Waals surface area contributed by atoms with Crippen LogP contribution < -0.4 is 0 Å². The zero-order chi connectivity index (χ0) is 17.5. The van der Waals surface area contributed by atoms with Gasteiger partial charge in [-0.15, -0.1) is 15.0 Å². The van der Waals surface area contributed by atoms with Gasteiger partial charge in [0, 0.05) is 6.42 Å². The van der Waals surface area contributed by atoms with E-state index in [-0.39, 0.29) is 10.6 Å². The third-order valence-electron chi connectivity index (χ3n) is 4.30. The van der Waals surface area contributed by atoms with E-state index in [0.717, 1.165) is 16.8 Å². The lowest BCUT2D eigenvalue weighted by Gasteiger charge is -2.38. The fourth-order valence-electron chi connectivity index (χ4n) is 3.10. The van der Waals surface area contributed by atoms with Gasteiger partial charge >= 0.3 is 0 Å². The largest absolute Gasteiger partial charge is 0.379 e. The summed E-state index contributed by atoms with van der Waals surface area (Å²) in [5, 5.41) is 20.5. The maximum absolute atomic E-state index is 11.5. The molecule has 3 rings (SSSR count). The Bertz CT molecular complexity index is 815. The second-order valence-electron chi connectivity index (χ2n) is 7.28. The Kier molecular flexibility index (Phi) is 4.14. The van der Waals surface area contributed by atoms with E-state index in [1.54, 1.807) is 0 Å². The molecule has 1 unspecified atom stereocenters. The van der Waals surface area contributed by atoms with E-state index < -0.39 is 5.60 Å². The highest BCUT2D eigenvalue weighted by molar-refractivity contribution is 6.30. The summed E-state index contributed by atoms with van der Waals surface area (Å²) in [6.45, 7) is 8.28. The summed E-state index contributed by atoms with van der Waals surface area (Å²) in [7, 11) is 0. The first kappa shape index (κ1) is 16.9. The Labute approximate surface area is 147 Å². The summed E-state index contributed by atoms with van der Waals surface area (Å²) in [4.78, 5) is 1.47. The molecule has 4 nitrogen and oxygen atoms in total. The fourth-order valence-corrected chi connectivity index (χ4v) is 3.37. The lowest BCUT2D eigenvalue weighted by molar-refractivity contribution is 0.0529. The quantitative estimate of drug-likeness (QED) is 0.877. The van der Waals surface area contributed by atoms with Gasteiger partial charge in [-0.3, -0.25) is 0 Å². The molecule has 1 atom stereocenters. The topological polar surface area (TPSA) is 50.9 Å². The van der Waals surface area contributed by atoms with Crippen LogP contribution in [0.4, 0.5) is 0 Å². The van der Waals surface area contributed by atoms with E-state index in [9.17, 15) is 5.11 Å². The number of hydrogen-bond donors (Lipinski definition) is 1. The molecule has 24 heavy (non-hydrogen) atoms. The van der Waals surface area contributed by atoms with Crippen LogP contribution in [0, 0.1) is 5.41 Å². The highest BCUT2D eigenvalue weighted by Crippen LogP contribution is 2.46. The highest BCUT2D eigenvalue weighted by Gasteiger charge is 2.44. The number of aliphatic hydroxyl groups is 1. The van der Waals surface area contributed by atoms with E-state index in [2.05, 4.69) is 31.0 Å². The molecule has 0 saturated heterocycles. The monoisotopic (exact) mass is 343 g/mol. The molecule has 5 heteroatoms. The first-order valence-corrected chi connectivity index (χ1v) is 8.40. The van der Waals surface area contributed by atoms with Crippen LogP contribution in [0.1, 0.15) is 39.8 Å². The van der Waals surface area contributed by atoms with Crippen LogP contribution in [0.25, 0.3) is 5.69 Å². The van der Waals surface area contributed by atoms with E-state index in [1.807, 2.05) is 49.4 Å². The maximum atomic E-state index is 11.5. The van der Waals surface area contributed by atoms with Crippen LogP contribution in [0.3, 0.4) is 0 Å². The van der Waals surface area contributed by atoms with Crippen molar-refractivity contribution in [3.63, 3.8) is 0 Å². The third-order valence-corrected chi connectivity index (χ3v) is 4.55. The van der Waals surface area contributed by atoms with Gasteiger partial charge in [-0.1, -0.05) is 68.3 Å². The minimum absolute atomic E-state index is 0.218. The van der Waals surface area contributed by atoms with Crippen molar-refractivity contribution in [1.82, 2.24) is 15.0 Å². The van der Waals surface area contributed by atoms with E-state index in [4.69, 9.17) is 11.6 Å². The van der Waals surface area contributed by atoms with Crippen LogP contribution in [0.2, 0.25) is 5.15 Å². The lowest BCUT2D eigenvalue weighted by Crippen LogP contribution is -2.36. The maximum Gasteiger partial charge on any atom is 0.178 e. The van der Waals surface area contributed by atoms with Crippen LogP contribution in [0.5, 0.6) is 0 Å². The molecule has 1 aromatic carbocycles. The second kappa shape index (κ2) is 5.87. The minimum atomic E-state index is -1.25. The number of allylic oxidation sites excluding steroid dienone is 2. The number of aromatic nitrogens is 3. The van der Waals surface area contributed by atoms with Crippen molar-refractivity contribution in [3.8, 4) is 5.69 Å². The summed E-state index contributed by atoms with van der Waals surface area (Å²) >= 11 is 6.37. The van der Waals surface area contributed by atoms with Crippen molar-refractivity contribution in [3.05, 3.63) is 64.5 Å². The van der Waals surface area contributed by atoms with Gasteiger partial charge in [0.05, 0.1) is 5.69 Å². The van der Waals surface area contributed by atoms with E-state index in [0.29, 0.717) is 12.1 Å². The van der Waals surface area contributed by atoms with Crippen LogP contribution in [0.15, 0.2) is 53.6 Å². The molecular weight excluding hydrogens is 322 g/mol. The predicted octanol–water partition coefficient (Wildman–Crippen LogP) is 4.43. The molecule has 1 aliphatic rings. The fraction of sp³-hybridized carbons (Fsp3) is 0.368.